The van der Waals surface area contributed by atoms with Gasteiger partial charge in [0.25, 0.3) is 0 Å². The lowest BCUT2D eigenvalue weighted by Crippen LogP contribution is -2.29. The van der Waals surface area contributed by atoms with Crippen LogP contribution in [0, 0.1) is 6.92 Å². The predicted octanol–water partition coefficient (Wildman–Crippen LogP) is -0.0697. The molecule has 0 radical (unpaired) electrons. The van der Waals surface area contributed by atoms with E-state index >= 15 is 0 Å². The number of nitrogens with zero attached hydrogens (tertiary/aromatic N) is 4. The summed E-state index contributed by atoms with van der Waals surface area (Å²) in [6.45, 7) is 3.81. The molecule has 0 aliphatic rings. The van der Waals surface area contributed by atoms with Gasteiger partial charge in [0.1, 0.15) is 12.4 Å². The SMILES string of the molecule is CC(=O)C(N)CCCCNC(=O)OCCc1nnc(C)nn1. The van der Waals surface area contributed by atoms with Crippen molar-refractivity contribution in [1.82, 2.24) is 25.7 Å². The van der Waals surface area contributed by atoms with E-state index in [1.807, 2.05) is 0 Å². The number of nitrogens with two attached hydrogens (primary N) is 1. The smallest absolute Gasteiger partial charge is 0.407 e. The quantitative estimate of drug-likeness (QED) is 0.605. The van der Waals surface area contributed by atoms with Gasteiger partial charge in [-0.25, -0.2) is 4.79 Å². The highest BCUT2D eigenvalue weighted by atomic mass is 16.5. The van der Waals surface area contributed by atoms with Crippen LogP contribution < -0.4 is 11.1 Å². The lowest BCUT2D eigenvalue weighted by atomic mass is 10.1. The molecule has 0 saturated carbocycles. The lowest BCUT2D eigenvalue weighted by Gasteiger charge is -2.08. The van der Waals surface area contributed by atoms with Crippen LogP contribution in [0.25, 0.3) is 0 Å². The molecule has 0 aliphatic heterocycles. The minimum Gasteiger partial charge on any atom is -0.449 e. The maximum absolute atomic E-state index is 11.4. The molecule has 9 nitrogen and oxygen atoms in total. The second kappa shape index (κ2) is 9.72. The molecular formula is C13H22N6O3. The second-order valence-electron chi connectivity index (χ2n) is 4.89. The van der Waals surface area contributed by atoms with E-state index in [-0.39, 0.29) is 12.4 Å². The van der Waals surface area contributed by atoms with Crippen LogP contribution in [0.1, 0.15) is 37.8 Å². The van der Waals surface area contributed by atoms with E-state index < -0.39 is 12.1 Å². The van der Waals surface area contributed by atoms with Crippen molar-refractivity contribution in [3.05, 3.63) is 11.6 Å². The fourth-order valence-electron chi connectivity index (χ4n) is 1.57. The number of ketones is 1. The van der Waals surface area contributed by atoms with Crippen molar-refractivity contribution in [3.8, 4) is 0 Å². The molecule has 0 spiro atoms. The number of ether oxygens (including phenoxy) is 1. The van der Waals surface area contributed by atoms with E-state index in [2.05, 4.69) is 25.7 Å². The van der Waals surface area contributed by atoms with Crippen LogP contribution in [0.2, 0.25) is 0 Å². The molecule has 122 valence electrons. The molecule has 1 aromatic rings. The molecule has 0 bridgehead atoms. The van der Waals surface area contributed by atoms with Gasteiger partial charge < -0.3 is 15.8 Å². The summed E-state index contributed by atoms with van der Waals surface area (Å²) in [5, 5.41) is 17.8. The largest absolute Gasteiger partial charge is 0.449 e. The summed E-state index contributed by atoms with van der Waals surface area (Å²) in [5.74, 6) is 0.901. The fraction of sp³-hybridized carbons (Fsp3) is 0.692. The summed E-state index contributed by atoms with van der Waals surface area (Å²) in [6, 6.07) is -0.413. The fourth-order valence-corrected chi connectivity index (χ4v) is 1.57. The molecule has 22 heavy (non-hydrogen) atoms. The average Bonchev–Trinajstić information content (AvgIpc) is 2.48. The van der Waals surface area contributed by atoms with Gasteiger partial charge in [0.15, 0.2) is 11.6 Å². The number of carbonyl (C=O) groups is 2. The molecule has 0 aromatic carbocycles. The maximum Gasteiger partial charge on any atom is 0.407 e. The Morgan fingerprint density at radius 1 is 1.23 bits per heavy atom. The Bertz CT molecular complexity index is 479. The van der Waals surface area contributed by atoms with Crippen LogP contribution in [0.3, 0.4) is 0 Å². The van der Waals surface area contributed by atoms with Gasteiger partial charge in [0.05, 0.1) is 6.04 Å². The van der Waals surface area contributed by atoms with Crippen LogP contribution in [-0.4, -0.2) is 51.5 Å². The third kappa shape index (κ3) is 7.58. The topological polar surface area (TPSA) is 133 Å². The van der Waals surface area contributed by atoms with Gasteiger partial charge in [-0.05, 0) is 33.1 Å². The number of aryl methyl sites for hydroxylation is 1. The number of hydrogen-bond acceptors (Lipinski definition) is 8. The monoisotopic (exact) mass is 310 g/mol. The Kier molecular flexibility index (Phi) is 7.90. The van der Waals surface area contributed by atoms with Gasteiger partial charge in [0, 0.05) is 13.0 Å². The predicted molar refractivity (Wildman–Crippen MR) is 77.9 cm³/mol. The maximum atomic E-state index is 11.4. The van der Waals surface area contributed by atoms with Crippen molar-refractivity contribution < 1.29 is 14.3 Å². The first kappa shape index (κ1) is 17.9. The summed E-state index contributed by atoms with van der Waals surface area (Å²) in [4.78, 5) is 22.3. The Morgan fingerprint density at radius 3 is 2.55 bits per heavy atom. The highest BCUT2D eigenvalue weighted by molar-refractivity contribution is 5.81. The average molecular weight is 310 g/mol. The number of Topliss-reactive ketones (excluding diaryl/α,β-unsaturated/α-hetero) is 1. The number of nitrogens with one attached hydrogen (secondary N) is 1. The number of amides is 1. The second-order valence-corrected chi connectivity index (χ2v) is 4.89. The van der Waals surface area contributed by atoms with Gasteiger partial charge in [-0.3, -0.25) is 4.79 Å². The highest BCUT2D eigenvalue weighted by Crippen LogP contribution is 1.99. The number of aromatic nitrogens is 4. The molecule has 1 amide bonds. The summed E-state index contributed by atoms with van der Waals surface area (Å²) in [7, 11) is 0. The number of rotatable bonds is 9. The Hall–Kier alpha value is -2.16. The summed E-state index contributed by atoms with van der Waals surface area (Å²) >= 11 is 0. The minimum absolute atomic E-state index is 0.0188. The van der Waals surface area contributed by atoms with Crippen LogP contribution in [-0.2, 0) is 16.0 Å². The number of carbonyl (C=O) groups excluding carboxylic acids is 2. The molecule has 1 unspecified atom stereocenters. The molecule has 0 aliphatic carbocycles. The number of alkyl carbamates (subject to hydrolysis) is 1. The lowest BCUT2D eigenvalue weighted by molar-refractivity contribution is -0.118. The van der Waals surface area contributed by atoms with E-state index in [0.717, 1.165) is 12.8 Å². The molecule has 1 rings (SSSR count). The molecule has 3 N–H and O–H groups in total. The highest BCUT2D eigenvalue weighted by Gasteiger charge is 2.07. The zero-order valence-corrected chi connectivity index (χ0v) is 12.9. The van der Waals surface area contributed by atoms with E-state index in [1.165, 1.54) is 6.92 Å². The standard InChI is InChI=1S/C13H22N6O3/c1-9(20)11(14)5-3-4-7-15-13(21)22-8-6-12-18-16-10(2)17-19-12/h11H,3-8,14H2,1-2H3,(H,15,21). The van der Waals surface area contributed by atoms with Crippen molar-refractivity contribution in [1.29, 1.82) is 0 Å². The number of hydrogen-bond donors (Lipinski definition) is 2. The first-order valence-corrected chi connectivity index (χ1v) is 7.18. The van der Waals surface area contributed by atoms with Crippen molar-refractivity contribution in [2.24, 2.45) is 5.73 Å². The third-order valence-corrected chi connectivity index (χ3v) is 2.91. The van der Waals surface area contributed by atoms with Crippen molar-refractivity contribution in [3.63, 3.8) is 0 Å². The molecule has 0 fully saturated rings. The van der Waals surface area contributed by atoms with E-state index in [9.17, 15) is 9.59 Å². The van der Waals surface area contributed by atoms with Gasteiger partial charge in [-0.1, -0.05) is 0 Å². The minimum atomic E-state index is -0.496. The third-order valence-electron chi connectivity index (χ3n) is 2.91. The van der Waals surface area contributed by atoms with Crippen molar-refractivity contribution >= 4 is 11.9 Å². The Morgan fingerprint density at radius 2 is 1.91 bits per heavy atom. The normalized spacial score (nSPS) is 11.8. The first-order chi connectivity index (χ1) is 10.5. The molecule has 1 aromatic heterocycles. The first-order valence-electron chi connectivity index (χ1n) is 7.18. The van der Waals surface area contributed by atoms with E-state index in [1.54, 1.807) is 6.92 Å². The van der Waals surface area contributed by atoms with Crippen LogP contribution >= 0.6 is 0 Å². The number of unbranched alkanes of at least 4 members (excludes halogenated alkanes) is 1. The van der Waals surface area contributed by atoms with Crippen molar-refractivity contribution in [2.45, 2.75) is 45.6 Å². The van der Waals surface area contributed by atoms with Gasteiger partial charge in [-0.2, -0.15) is 0 Å². The van der Waals surface area contributed by atoms with Gasteiger partial charge in [-0.15, -0.1) is 20.4 Å². The van der Waals surface area contributed by atoms with E-state index in [4.69, 9.17) is 10.5 Å². The van der Waals surface area contributed by atoms with E-state index in [0.29, 0.717) is 31.0 Å². The summed E-state index contributed by atoms with van der Waals surface area (Å²) < 4.78 is 4.98. The molecule has 0 saturated heterocycles. The van der Waals surface area contributed by atoms with Gasteiger partial charge >= 0.3 is 6.09 Å². The van der Waals surface area contributed by atoms with Gasteiger partial charge in [0.2, 0.25) is 0 Å². The summed E-state index contributed by atoms with van der Waals surface area (Å²) in [5.41, 5.74) is 5.61. The Balaban J connectivity index is 2.04. The summed E-state index contributed by atoms with van der Waals surface area (Å²) in [6.07, 6.45) is 2.00. The molecule has 1 atom stereocenters. The molecule has 9 heteroatoms. The van der Waals surface area contributed by atoms with Crippen LogP contribution in [0.15, 0.2) is 0 Å². The Labute approximate surface area is 129 Å². The zero-order valence-electron chi connectivity index (χ0n) is 12.9. The molecule has 1 heterocycles. The van der Waals surface area contributed by atoms with Crippen LogP contribution in [0.4, 0.5) is 4.79 Å². The zero-order chi connectivity index (χ0) is 16.4. The molecular weight excluding hydrogens is 288 g/mol. The van der Waals surface area contributed by atoms with Crippen molar-refractivity contribution in [2.75, 3.05) is 13.2 Å². The van der Waals surface area contributed by atoms with Crippen LogP contribution in [0.5, 0.6) is 0 Å².